The van der Waals surface area contributed by atoms with E-state index in [0.717, 1.165) is 81.1 Å². The number of rotatable bonds is 8. The van der Waals surface area contributed by atoms with Gasteiger partial charge in [-0.2, -0.15) is 0 Å². The van der Waals surface area contributed by atoms with E-state index in [1.54, 1.807) is 11.3 Å². The van der Waals surface area contributed by atoms with Crippen molar-refractivity contribution in [2.75, 3.05) is 52.4 Å². The highest BCUT2D eigenvalue weighted by molar-refractivity contribution is 7.19. The Bertz CT molecular complexity index is 1260. The van der Waals surface area contributed by atoms with Gasteiger partial charge in [-0.25, -0.2) is 0 Å². The Morgan fingerprint density at radius 2 is 1.62 bits per heavy atom. The van der Waals surface area contributed by atoms with Crippen LogP contribution in [-0.4, -0.2) is 84.2 Å². The number of aldehydes is 1. The molecular weight excluding hydrogens is 480 g/mol. The third kappa shape index (κ3) is 5.69. The second-order valence-electron chi connectivity index (χ2n) is 11.5. The fourth-order valence-electron chi connectivity index (χ4n) is 5.73. The molecule has 1 amide bonds. The first-order valence-electron chi connectivity index (χ1n) is 13.7. The molecule has 7 heteroatoms. The Morgan fingerprint density at radius 3 is 2.27 bits per heavy atom. The third-order valence-electron chi connectivity index (χ3n) is 8.00. The number of hydrogen-bond acceptors (Lipinski definition) is 5. The monoisotopic (exact) mass is 520 g/mol. The largest absolute Gasteiger partial charge is 0.346 e. The molecule has 4 heterocycles. The van der Waals surface area contributed by atoms with Crippen LogP contribution in [0, 0.1) is 13.8 Å². The summed E-state index contributed by atoms with van der Waals surface area (Å²) in [6.07, 6.45) is 4.30. The number of nitrogens with zero attached hydrogens (tertiary/aromatic N) is 3. The first kappa shape index (κ1) is 26.1. The second-order valence-corrected chi connectivity index (χ2v) is 12.6. The molecule has 0 spiro atoms. The van der Waals surface area contributed by atoms with Crippen LogP contribution < -0.4 is 0 Å². The fourth-order valence-corrected chi connectivity index (χ4v) is 6.88. The Hall–Kier alpha value is -2.48. The van der Waals surface area contributed by atoms with Crippen LogP contribution in [0.4, 0.5) is 0 Å². The average Bonchev–Trinajstić information content (AvgIpc) is 3.60. The lowest BCUT2D eigenvalue weighted by Crippen LogP contribution is -2.50. The Morgan fingerprint density at radius 1 is 0.973 bits per heavy atom. The third-order valence-corrected chi connectivity index (χ3v) is 9.39. The van der Waals surface area contributed by atoms with Crippen molar-refractivity contribution in [2.24, 2.45) is 0 Å². The number of aromatic amines is 1. The number of amides is 1. The molecule has 37 heavy (non-hydrogen) atoms. The number of aryl methyl sites for hydroxylation is 2. The number of fused-ring (bicyclic) bond motifs is 1. The predicted octanol–water partition coefficient (Wildman–Crippen LogP) is 4.77. The zero-order valence-electron chi connectivity index (χ0n) is 22.7. The molecule has 6 nitrogen and oxygen atoms in total. The van der Waals surface area contributed by atoms with E-state index in [2.05, 4.69) is 52.9 Å². The maximum atomic E-state index is 12.6. The van der Waals surface area contributed by atoms with Crippen LogP contribution in [0.3, 0.4) is 0 Å². The number of nitrogens with one attached hydrogen (secondary N) is 1. The van der Waals surface area contributed by atoms with Gasteiger partial charge in [0.1, 0.15) is 11.1 Å². The minimum atomic E-state index is -0.481. The number of H-pyrrole nitrogens is 1. The zero-order valence-corrected chi connectivity index (χ0v) is 23.5. The van der Waals surface area contributed by atoms with E-state index >= 15 is 0 Å². The highest BCUT2D eigenvalue weighted by atomic mass is 32.1. The predicted molar refractivity (Wildman–Crippen MR) is 153 cm³/mol. The van der Waals surface area contributed by atoms with Gasteiger partial charge in [0, 0.05) is 56.1 Å². The standard InChI is InChI=1S/C30H40N4O2S/c1-21-15-22(2)17-23(16-21)28-24(25-18-26(30(3,4)20-35)37-29(25)31-28)7-10-32-11-13-33(14-12-32)19-27(36)34-8-5-6-9-34/h15-18,20,31H,5-14,19H2,1-4H3. The van der Waals surface area contributed by atoms with E-state index in [9.17, 15) is 9.59 Å². The van der Waals surface area contributed by atoms with E-state index in [1.807, 2.05) is 18.7 Å². The minimum Gasteiger partial charge on any atom is -0.346 e. The average molecular weight is 521 g/mol. The first-order chi connectivity index (χ1) is 17.7. The van der Waals surface area contributed by atoms with E-state index < -0.39 is 5.41 Å². The SMILES string of the molecule is Cc1cc(C)cc(-c2[nH]c3sc(C(C)(C)C=O)cc3c2CCN2CCN(CC(=O)N3CCCC3)CC2)c1. The molecule has 2 aliphatic heterocycles. The highest BCUT2D eigenvalue weighted by Crippen LogP contribution is 2.39. The van der Waals surface area contributed by atoms with Crippen molar-refractivity contribution in [1.29, 1.82) is 0 Å². The number of piperazine rings is 1. The van der Waals surface area contributed by atoms with E-state index in [4.69, 9.17) is 0 Å². The number of hydrogen-bond donors (Lipinski definition) is 1. The van der Waals surface area contributed by atoms with Crippen molar-refractivity contribution in [2.45, 2.75) is 52.4 Å². The summed E-state index contributed by atoms with van der Waals surface area (Å²) in [5.74, 6) is 0.297. The van der Waals surface area contributed by atoms with Gasteiger partial charge < -0.3 is 19.6 Å². The van der Waals surface area contributed by atoms with Gasteiger partial charge in [-0.3, -0.25) is 9.69 Å². The summed E-state index contributed by atoms with van der Waals surface area (Å²) in [4.78, 5) is 37.2. The summed E-state index contributed by atoms with van der Waals surface area (Å²) in [5, 5.41) is 1.25. The zero-order chi connectivity index (χ0) is 26.2. The highest BCUT2D eigenvalue weighted by Gasteiger charge is 2.27. The molecule has 0 aliphatic carbocycles. The molecule has 2 saturated heterocycles. The molecule has 2 fully saturated rings. The summed E-state index contributed by atoms with van der Waals surface area (Å²) in [6.45, 7) is 15.6. The van der Waals surface area contributed by atoms with Gasteiger partial charge in [0.05, 0.1) is 17.7 Å². The number of carbonyl (C=O) groups is 2. The van der Waals surface area contributed by atoms with E-state index in [-0.39, 0.29) is 0 Å². The van der Waals surface area contributed by atoms with Gasteiger partial charge in [0.25, 0.3) is 0 Å². The number of likely N-dealkylation sites (tertiary alicyclic amines) is 1. The summed E-state index contributed by atoms with van der Waals surface area (Å²) in [7, 11) is 0. The Kier molecular flexibility index (Phi) is 7.57. The summed E-state index contributed by atoms with van der Waals surface area (Å²) >= 11 is 1.70. The van der Waals surface area contributed by atoms with E-state index in [1.165, 1.54) is 33.3 Å². The van der Waals surface area contributed by atoms with Crippen molar-refractivity contribution < 1.29 is 9.59 Å². The molecule has 0 atom stereocenters. The number of carbonyl (C=O) groups excluding carboxylic acids is 2. The van der Waals surface area contributed by atoms with Crippen LogP contribution in [0.2, 0.25) is 0 Å². The Balaban J connectivity index is 1.31. The Labute approximate surface area is 224 Å². The number of thiophene rings is 1. The van der Waals surface area contributed by atoms with Crippen molar-refractivity contribution in [3.8, 4) is 11.3 Å². The van der Waals surface area contributed by atoms with Crippen molar-refractivity contribution in [1.82, 2.24) is 19.7 Å². The van der Waals surface area contributed by atoms with Crippen LogP contribution >= 0.6 is 11.3 Å². The maximum Gasteiger partial charge on any atom is 0.236 e. The first-order valence-corrected chi connectivity index (χ1v) is 14.5. The molecule has 0 radical (unpaired) electrons. The molecule has 0 bridgehead atoms. The number of aromatic nitrogens is 1. The molecule has 2 aromatic heterocycles. The van der Waals surface area contributed by atoms with Crippen LogP contribution in [0.25, 0.3) is 21.5 Å². The molecule has 1 aromatic carbocycles. The summed E-state index contributed by atoms with van der Waals surface area (Å²) < 4.78 is 0. The van der Waals surface area contributed by atoms with Crippen molar-refractivity contribution >= 4 is 33.7 Å². The fraction of sp³-hybridized carbons (Fsp3) is 0.533. The lowest BCUT2D eigenvalue weighted by molar-refractivity contribution is -0.131. The molecule has 0 saturated carbocycles. The molecule has 3 aromatic rings. The van der Waals surface area contributed by atoms with Gasteiger partial charge in [-0.05, 0) is 76.3 Å². The van der Waals surface area contributed by atoms with Crippen LogP contribution in [0.15, 0.2) is 24.3 Å². The van der Waals surface area contributed by atoms with Gasteiger partial charge in [-0.15, -0.1) is 11.3 Å². The molecule has 5 rings (SSSR count). The quantitative estimate of drug-likeness (QED) is 0.435. The molecule has 0 unspecified atom stereocenters. The van der Waals surface area contributed by atoms with Crippen LogP contribution in [0.5, 0.6) is 0 Å². The minimum absolute atomic E-state index is 0.297. The van der Waals surface area contributed by atoms with Gasteiger partial charge in [0.15, 0.2) is 0 Å². The lowest BCUT2D eigenvalue weighted by Gasteiger charge is -2.35. The number of benzene rings is 1. The van der Waals surface area contributed by atoms with E-state index in [0.29, 0.717) is 12.5 Å². The van der Waals surface area contributed by atoms with Gasteiger partial charge in [0.2, 0.25) is 5.91 Å². The van der Waals surface area contributed by atoms with Gasteiger partial charge in [-0.1, -0.05) is 17.2 Å². The van der Waals surface area contributed by atoms with Gasteiger partial charge >= 0.3 is 0 Å². The molecule has 1 N–H and O–H groups in total. The molecular formula is C30H40N4O2S. The lowest BCUT2D eigenvalue weighted by atomic mass is 9.93. The normalized spacial score (nSPS) is 17.7. The summed E-state index contributed by atoms with van der Waals surface area (Å²) in [6, 6.07) is 8.97. The second kappa shape index (κ2) is 10.7. The summed E-state index contributed by atoms with van der Waals surface area (Å²) in [5.41, 5.74) is 5.83. The maximum absolute atomic E-state index is 12.6. The van der Waals surface area contributed by atoms with Crippen LogP contribution in [-0.2, 0) is 21.4 Å². The topological polar surface area (TPSA) is 59.7 Å². The molecule has 198 valence electrons. The van der Waals surface area contributed by atoms with Crippen molar-refractivity contribution in [3.05, 3.63) is 45.8 Å². The molecule has 2 aliphatic rings. The smallest absolute Gasteiger partial charge is 0.236 e. The van der Waals surface area contributed by atoms with Crippen molar-refractivity contribution in [3.63, 3.8) is 0 Å². The van der Waals surface area contributed by atoms with Crippen LogP contribution in [0.1, 0.15) is 48.3 Å².